The van der Waals surface area contributed by atoms with Crippen LogP contribution in [0, 0.1) is 0 Å². The number of nitrogens with one attached hydrogen (secondary N) is 1. The van der Waals surface area contributed by atoms with E-state index in [9.17, 15) is 14.4 Å². The molecule has 0 radical (unpaired) electrons. The van der Waals surface area contributed by atoms with Gasteiger partial charge < -0.3 is 20.2 Å². The van der Waals surface area contributed by atoms with Crippen molar-refractivity contribution in [3.63, 3.8) is 0 Å². The molecule has 31 heavy (non-hydrogen) atoms. The van der Waals surface area contributed by atoms with Crippen molar-refractivity contribution in [1.82, 2.24) is 10.2 Å². The van der Waals surface area contributed by atoms with E-state index in [2.05, 4.69) is 10.2 Å². The Bertz CT molecular complexity index is 927. The number of aliphatic carboxylic acids is 1. The number of carboxylic acid groups (broad SMARTS) is 1. The molecular formula is C22H23Cl2N3O4. The first kappa shape index (κ1) is 22.9. The van der Waals surface area contributed by atoms with Crippen LogP contribution in [0.2, 0.25) is 10.0 Å². The van der Waals surface area contributed by atoms with E-state index in [4.69, 9.17) is 28.3 Å². The van der Waals surface area contributed by atoms with Gasteiger partial charge in [-0.2, -0.15) is 0 Å². The van der Waals surface area contributed by atoms with E-state index in [1.165, 1.54) is 0 Å². The summed E-state index contributed by atoms with van der Waals surface area (Å²) in [5.41, 5.74) is 1.55. The van der Waals surface area contributed by atoms with Crippen LogP contribution in [0.4, 0.5) is 5.69 Å². The van der Waals surface area contributed by atoms with Gasteiger partial charge >= 0.3 is 5.97 Å². The monoisotopic (exact) mass is 463 g/mol. The smallest absolute Gasteiger partial charge is 0.303 e. The molecule has 3 rings (SSSR count). The van der Waals surface area contributed by atoms with Crippen LogP contribution in [0.25, 0.3) is 0 Å². The minimum atomic E-state index is -1.06. The summed E-state index contributed by atoms with van der Waals surface area (Å²) in [6.07, 6.45) is -0.475. The third-order valence-corrected chi connectivity index (χ3v) is 5.49. The fraction of sp³-hybridized carbons (Fsp3) is 0.318. The molecule has 7 nitrogen and oxygen atoms in total. The van der Waals surface area contributed by atoms with Gasteiger partial charge in [0.25, 0.3) is 0 Å². The molecule has 9 heteroatoms. The third-order valence-electron chi connectivity index (χ3n) is 5.05. The minimum absolute atomic E-state index is 0.185. The molecule has 0 aromatic heterocycles. The lowest BCUT2D eigenvalue weighted by atomic mass is 10.0. The number of nitrogens with zero attached hydrogens (tertiary/aromatic N) is 2. The number of carbonyl (C=O) groups excluding carboxylic acids is 2. The number of hydrogen-bond donors (Lipinski definition) is 2. The van der Waals surface area contributed by atoms with Gasteiger partial charge in [0.15, 0.2) is 0 Å². The molecule has 0 aliphatic carbocycles. The second-order valence-corrected chi connectivity index (χ2v) is 8.12. The Morgan fingerprint density at radius 3 is 2.13 bits per heavy atom. The zero-order valence-electron chi connectivity index (χ0n) is 16.8. The van der Waals surface area contributed by atoms with Gasteiger partial charge in [-0.05, 0) is 23.8 Å². The molecule has 2 amide bonds. The van der Waals surface area contributed by atoms with Crippen LogP contribution >= 0.6 is 23.2 Å². The highest BCUT2D eigenvalue weighted by Gasteiger charge is 2.30. The fourth-order valence-corrected chi connectivity index (χ4v) is 3.99. The maximum atomic E-state index is 13.3. The number of carbonyl (C=O) groups is 3. The van der Waals surface area contributed by atoms with Gasteiger partial charge in [0.1, 0.15) is 6.04 Å². The summed E-state index contributed by atoms with van der Waals surface area (Å²) in [6, 6.07) is 13.4. The van der Waals surface area contributed by atoms with Crippen LogP contribution < -0.4 is 10.2 Å². The number of hydrogen-bond acceptors (Lipinski definition) is 4. The number of carboxylic acids is 1. The zero-order chi connectivity index (χ0) is 22.4. The molecule has 2 N–H and O–H groups in total. The number of piperazine rings is 1. The first-order chi connectivity index (χ1) is 14.8. The number of anilines is 1. The van der Waals surface area contributed by atoms with Crippen LogP contribution in [0.1, 0.15) is 24.4 Å². The summed E-state index contributed by atoms with van der Waals surface area (Å²) < 4.78 is 0. The van der Waals surface area contributed by atoms with E-state index in [1.54, 1.807) is 35.2 Å². The van der Waals surface area contributed by atoms with Crippen molar-refractivity contribution in [2.24, 2.45) is 0 Å². The molecule has 1 heterocycles. The normalized spacial score (nSPS) is 14.8. The Balaban J connectivity index is 1.68. The van der Waals surface area contributed by atoms with Gasteiger partial charge in [0.05, 0.1) is 6.42 Å². The Hall–Kier alpha value is -2.77. The number of halogens is 2. The van der Waals surface area contributed by atoms with Crippen LogP contribution in [-0.2, 0) is 14.4 Å². The van der Waals surface area contributed by atoms with Crippen molar-refractivity contribution in [2.75, 3.05) is 31.1 Å². The third kappa shape index (κ3) is 6.35. The predicted molar refractivity (Wildman–Crippen MR) is 119 cm³/mol. The molecule has 2 aromatic rings. The molecule has 164 valence electrons. The highest BCUT2D eigenvalue weighted by molar-refractivity contribution is 6.35. The maximum Gasteiger partial charge on any atom is 0.303 e. The molecule has 1 saturated heterocycles. The molecule has 1 fully saturated rings. The summed E-state index contributed by atoms with van der Waals surface area (Å²) in [4.78, 5) is 40.1. The molecule has 0 bridgehead atoms. The molecular weight excluding hydrogens is 441 g/mol. The van der Waals surface area contributed by atoms with Crippen LogP contribution in [-0.4, -0.2) is 54.0 Å². The molecule has 0 spiro atoms. The Morgan fingerprint density at radius 2 is 1.55 bits per heavy atom. The van der Waals surface area contributed by atoms with Gasteiger partial charge in [-0.1, -0.05) is 53.5 Å². The Morgan fingerprint density at radius 1 is 0.935 bits per heavy atom. The lowest BCUT2D eigenvalue weighted by Gasteiger charge is -2.38. The summed E-state index contributed by atoms with van der Waals surface area (Å²) in [7, 11) is 0. The summed E-state index contributed by atoms with van der Waals surface area (Å²) in [5, 5.41) is 12.6. The fourth-order valence-electron chi connectivity index (χ4n) is 3.48. The van der Waals surface area contributed by atoms with E-state index in [1.807, 2.05) is 18.2 Å². The van der Waals surface area contributed by atoms with E-state index >= 15 is 0 Å². The predicted octanol–water partition coefficient (Wildman–Crippen LogP) is 3.36. The van der Waals surface area contributed by atoms with Gasteiger partial charge in [-0.15, -0.1) is 0 Å². The lowest BCUT2D eigenvalue weighted by molar-refractivity contribution is -0.139. The summed E-state index contributed by atoms with van der Waals surface area (Å²) >= 11 is 12.2. The zero-order valence-corrected chi connectivity index (χ0v) is 18.3. The number of rotatable bonds is 7. The average Bonchev–Trinajstić information content (AvgIpc) is 2.75. The number of amides is 2. The largest absolute Gasteiger partial charge is 0.481 e. The molecule has 1 atom stereocenters. The Kier molecular flexibility index (Phi) is 7.76. The van der Waals surface area contributed by atoms with Crippen molar-refractivity contribution in [2.45, 2.75) is 18.9 Å². The van der Waals surface area contributed by atoms with Crippen LogP contribution in [0.15, 0.2) is 48.5 Å². The SMILES string of the molecule is O=C(O)CCC(=O)NC(C(=O)N1CCN(c2cc(Cl)cc(Cl)c2)CC1)c1ccccc1. The van der Waals surface area contributed by atoms with Gasteiger partial charge in [-0.3, -0.25) is 14.4 Å². The van der Waals surface area contributed by atoms with Gasteiger partial charge in [-0.25, -0.2) is 0 Å². The summed E-state index contributed by atoms with van der Waals surface area (Å²) in [6.45, 7) is 2.13. The van der Waals surface area contributed by atoms with E-state index in [0.717, 1.165) is 5.69 Å². The molecule has 1 aliphatic heterocycles. The first-order valence-electron chi connectivity index (χ1n) is 9.89. The second kappa shape index (κ2) is 10.5. The molecule has 1 unspecified atom stereocenters. The second-order valence-electron chi connectivity index (χ2n) is 7.24. The van der Waals surface area contributed by atoms with Crippen molar-refractivity contribution in [3.8, 4) is 0 Å². The van der Waals surface area contributed by atoms with E-state index in [0.29, 0.717) is 41.8 Å². The highest BCUT2D eigenvalue weighted by Crippen LogP contribution is 2.27. The van der Waals surface area contributed by atoms with E-state index < -0.39 is 17.9 Å². The standard InChI is InChI=1S/C22H23Cl2N3O4/c23-16-12-17(24)14-18(13-16)26-8-10-27(11-9-26)22(31)21(15-4-2-1-3-5-15)25-19(28)6-7-20(29)30/h1-5,12-14,21H,6-11H2,(H,25,28)(H,29,30). The van der Waals surface area contributed by atoms with Crippen LogP contribution in [0.3, 0.4) is 0 Å². The van der Waals surface area contributed by atoms with Crippen molar-refractivity contribution in [1.29, 1.82) is 0 Å². The molecule has 1 aliphatic rings. The Labute approximate surface area is 190 Å². The van der Waals surface area contributed by atoms with Gasteiger partial charge in [0, 0.05) is 48.3 Å². The van der Waals surface area contributed by atoms with Gasteiger partial charge in [0.2, 0.25) is 11.8 Å². The maximum absolute atomic E-state index is 13.3. The topological polar surface area (TPSA) is 89.9 Å². The van der Waals surface area contributed by atoms with Crippen molar-refractivity contribution >= 4 is 46.7 Å². The highest BCUT2D eigenvalue weighted by atomic mass is 35.5. The minimum Gasteiger partial charge on any atom is -0.481 e. The molecule has 0 saturated carbocycles. The van der Waals surface area contributed by atoms with Crippen LogP contribution in [0.5, 0.6) is 0 Å². The quantitative estimate of drug-likeness (QED) is 0.656. The van der Waals surface area contributed by atoms with Crippen molar-refractivity contribution < 1.29 is 19.5 Å². The first-order valence-corrected chi connectivity index (χ1v) is 10.6. The van der Waals surface area contributed by atoms with Crippen molar-refractivity contribution in [3.05, 3.63) is 64.1 Å². The lowest BCUT2D eigenvalue weighted by Crippen LogP contribution is -2.52. The molecule has 2 aromatic carbocycles. The number of benzene rings is 2. The average molecular weight is 464 g/mol. The van der Waals surface area contributed by atoms with E-state index in [-0.39, 0.29) is 18.7 Å². The summed E-state index contributed by atoms with van der Waals surface area (Å²) in [5.74, 6) is -1.76.